The van der Waals surface area contributed by atoms with Crippen LogP contribution in [0.4, 0.5) is 0 Å². The first-order chi connectivity index (χ1) is 8.86. The van der Waals surface area contributed by atoms with Crippen LogP contribution in [0, 0.1) is 6.92 Å². The summed E-state index contributed by atoms with van der Waals surface area (Å²) in [5.41, 5.74) is 1.95. The van der Waals surface area contributed by atoms with Gasteiger partial charge in [0.1, 0.15) is 0 Å². The highest BCUT2D eigenvalue weighted by Crippen LogP contribution is 2.37. The van der Waals surface area contributed by atoms with E-state index in [1.54, 1.807) is 13.0 Å². The summed E-state index contributed by atoms with van der Waals surface area (Å²) in [5, 5.41) is 20.1. The lowest BCUT2D eigenvalue weighted by atomic mass is 10.1. The first-order valence-electron chi connectivity index (χ1n) is 6.06. The monoisotopic (exact) mass is 281 g/mol. The highest BCUT2D eigenvalue weighted by atomic mass is 35.5. The van der Waals surface area contributed by atoms with Gasteiger partial charge in [0.25, 0.3) is 0 Å². The van der Waals surface area contributed by atoms with Gasteiger partial charge >= 0.3 is 5.97 Å². The minimum absolute atomic E-state index is 0.149. The molecule has 0 saturated carbocycles. The number of carboxylic acid groups (broad SMARTS) is 1. The minimum Gasteiger partial charge on any atom is -0.479 e. The molecule has 1 aromatic carbocycles. The molecule has 2 rings (SSSR count). The van der Waals surface area contributed by atoms with E-state index >= 15 is 0 Å². The van der Waals surface area contributed by atoms with Crippen LogP contribution in [-0.2, 0) is 4.79 Å². The molecule has 1 heterocycles. The fraction of sp³-hybridized carbons (Fsp3) is 0.357. The SMILES string of the molecule is Cc1c(C(O)C(=O)O)c2c(Cl)cccc2n1C(C)C. The molecule has 2 aromatic rings. The minimum atomic E-state index is -1.57. The number of hydrogen-bond donors (Lipinski definition) is 2. The van der Waals surface area contributed by atoms with Crippen LogP contribution in [-0.4, -0.2) is 20.7 Å². The first kappa shape index (κ1) is 13.9. The van der Waals surface area contributed by atoms with Gasteiger partial charge in [0.05, 0.1) is 10.5 Å². The molecule has 0 spiro atoms. The number of benzene rings is 1. The molecule has 0 amide bonds. The van der Waals surface area contributed by atoms with Gasteiger partial charge < -0.3 is 14.8 Å². The van der Waals surface area contributed by atoms with Crippen molar-refractivity contribution >= 4 is 28.5 Å². The lowest BCUT2D eigenvalue weighted by Gasteiger charge is -2.13. The first-order valence-corrected chi connectivity index (χ1v) is 6.43. The van der Waals surface area contributed by atoms with Crippen LogP contribution in [0.5, 0.6) is 0 Å². The van der Waals surface area contributed by atoms with Gasteiger partial charge in [-0.25, -0.2) is 4.79 Å². The van der Waals surface area contributed by atoms with Crippen LogP contribution < -0.4 is 0 Å². The third-order valence-corrected chi connectivity index (χ3v) is 3.61. The smallest absolute Gasteiger partial charge is 0.337 e. The summed E-state index contributed by atoms with van der Waals surface area (Å²) in [4.78, 5) is 11.1. The molecule has 1 atom stereocenters. The molecule has 102 valence electrons. The van der Waals surface area contributed by atoms with Gasteiger partial charge in [-0.1, -0.05) is 17.7 Å². The number of carbonyl (C=O) groups is 1. The largest absolute Gasteiger partial charge is 0.479 e. The summed E-state index contributed by atoms with van der Waals surface area (Å²) in [6, 6.07) is 5.55. The predicted molar refractivity (Wildman–Crippen MR) is 74.7 cm³/mol. The summed E-state index contributed by atoms with van der Waals surface area (Å²) in [5.74, 6) is -1.27. The van der Waals surface area contributed by atoms with Crippen molar-refractivity contribution in [1.29, 1.82) is 0 Å². The maximum atomic E-state index is 11.1. The molecule has 2 N–H and O–H groups in total. The molecule has 0 radical (unpaired) electrons. The fourth-order valence-corrected chi connectivity index (χ4v) is 2.87. The Balaban J connectivity index is 2.90. The molecule has 5 heteroatoms. The Kier molecular flexibility index (Phi) is 3.56. The van der Waals surface area contributed by atoms with Gasteiger partial charge in [0.15, 0.2) is 6.10 Å². The zero-order valence-corrected chi connectivity index (χ0v) is 11.8. The highest BCUT2D eigenvalue weighted by Gasteiger charge is 2.27. The molecule has 0 aliphatic heterocycles. The second kappa shape index (κ2) is 4.87. The van der Waals surface area contributed by atoms with Crippen LogP contribution in [0.25, 0.3) is 10.9 Å². The molecule has 0 saturated heterocycles. The highest BCUT2D eigenvalue weighted by molar-refractivity contribution is 6.36. The molecule has 1 aromatic heterocycles. The van der Waals surface area contributed by atoms with Crippen LogP contribution in [0.1, 0.15) is 37.3 Å². The van der Waals surface area contributed by atoms with Crippen molar-refractivity contribution in [1.82, 2.24) is 4.57 Å². The van der Waals surface area contributed by atoms with E-state index in [4.69, 9.17) is 16.7 Å². The Morgan fingerprint density at radius 2 is 2.00 bits per heavy atom. The van der Waals surface area contributed by atoms with Crippen molar-refractivity contribution in [2.75, 3.05) is 0 Å². The Labute approximate surface area is 116 Å². The normalized spacial score (nSPS) is 13.2. The number of aliphatic hydroxyl groups excluding tert-OH is 1. The number of rotatable bonds is 3. The lowest BCUT2D eigenvalue weighted by molar-refractivity contribution is -0.146. The van der Waals surface area contributed by atoms with Gasteiger partial charge in [0, 0.05) is 22.7 Å². The summed E-state index contributed by atoms with van der Waals surface area (Å²) in [6.07, 6.45) is -1.57. The average molecular weight is 282 g/mol. The van der Waals surface area contributed by atoms with Crippen LogP contribution in [0.3, 0.4) is 0 Å². The van der Waals surface area contributed by atoms with Crippen LogP contribution >= 0.6 is 11.6 Å². The quantitative estimate of drug-likeness (QED) is 0.907. The second-order valence-electron chi connectivity index (χ2n) is 4.84. The van der Waals surface area contributed by atoms with Crippen LogP contribution in [0.2, 0.25) is 5.02 Å². The van der Waals surface area contributed by atoms with Gasteiger partial charge in [-0.15, -0.1) is 0 Å². The van der Waals surface area contributed by atoms with E-state index in [1.165, 1.54) is 0 Å². The molecular formula is C14H16ClNO3. The number of fused-ring (bicyclic) bond motifs is 1. The van der Waals surface area contributed by atoms with Crippen LogP contribution in [0.15, 0.2) is 18.2 Å². The van der Waals surface area contributed by atoms with E-state index in [0.29, 0.717) is 16.0 Å². The topological polar surface area (TPSA) is 62.5 Å². The maximum absolute atomic E-state index is 11.1. The Bertz CT molecular complexity index is 646. The molecule has 4 nitrogen and oxygen atoms in total. The number of aliphatic hydroxyl groups is 1. The number of halogens is 1. The number of aliphatic carboxylic acids is 1. The summed E-state index contributed by atoms with van der Waals surface area (Å²) < 4.78 is 1.99. The van der Waals surface area contributed by atoms with Crippen molar-refractivity contribution < 1.29 is 15.0 Å². The Morgan fingerprint density at radius 1 is 1.37 bits per heavy atom. The van der Waals surface area contributed by atoms with Crippen molar-refractivity contribution in [3.63, 3.8) is 0 Å². The van der Waals surface area contributed by atoms with Crippen molar-refractivity contribution in [3.8, 4) is 0 Å². The number of aromatic nitrogens is 1. The Morgan fingerprint density at radius 3 is 2.53 bits per heavy atom. The van der Waals surface area contributed by atoms with Crippen molar-refractivity contribution in [3.05, 3.63) is 34.5 Å². The zero-order chi connectivity index (χ0) is 14.3. The van der Waals surface area contributed by atoms with E-state index in [0.717, 1.165) is 11.2 Å². The summed E-state index contributed by atoms with van der Waals surface area (Å²) in [7, 11) is 0. The fourth-order valence-electron chi connectivity index (χ4n) is 2.60. The standard InChI is InChI=1S/C14H16ClNO3/c1-7(2)16-8(3)11(13(17)14(18)19)12-9(15)5-4-6-10(12)16/h4-7,13,17H,1-3H3,(H,18,19). The number of hydrogen-bond acceptors (Lipinski definition) is 2. The summed E-state index contributed by atoms with van der Waals surface area (Å²) in [6.45, 7) is 5.81. The van der Waals surface area contributed by atoms with Gasteiger partial charge in [-0.3, -0.25) is 0 Å². The number of nitrogens with zero attached hydrogens (tertiary/aromatic N) is 1. The van der Waals surface area contributed by atoms with Gasteiger partial charge in [-0.05, 0) is 32.9 Å². The third-order valence-electron chi connectivity index (χ3n) is 3.30. The van der Waals surface area contributed by atoms with E-state index in [1.807, 2.05) is 30.5 Å². The summed E-state index contributed by atoms with van der Waals surface area (Å²) >= 11 is 6.18. The molecule has 1 unspecified atom stereocenters. The average Bonchev–Trinajstić information content (AvgIpc) is 2.61. The molecule has 0 bridgehead atoms. The van der Waals surface area contributed by atoms with Crippen molar-refractivity contribution in [2.45, 2.75) is 32.9 Å². The Hall–Kier alpha value is -1.52. The zero-order valence-electron chi connectivity index (χ0n) is 11.0. The molecule has 0 aliphatic rings. The third kappa shape index (κ3) is 2.11. The molecule has 19 heavy (non-hydrogen) atoms. The van der Waals surface area contributed by atoms with Crippen molar-refractivity contribution in [2.24, 2.45) is 0 Å². The second-order valence-corrected chi connectivity index (χ2v) is 5.24. The predicted octanol–water partition coefficient (Wildman–Crippen LogP) is 3.30. The lowest BCUT2D eigenvalue weighted by Crippen LogP contribution is -2.12. The molecule has 0 fully saturated rings. The van der Waals surface area contributed by atoms with Gasteiger partial charge in [0.2, 0.25) is 0 Å². The van der Waals surface area contributed by atoms with E-state index in [9.17, 15) is 9.90 Å². The van der Waals surface area contributed by atoms with E-state index in [2.05, 4.69) is 0 Å². The van der Waals surface area contributed by atoms with Gasteiger partial charge in [-0.2, -0.15) is 0 Å². The van der Waals surface area contributed by atoms with E-state index < -0.39 is 12.1 Å². The maximum Gasteiger partial charge on any atom is 0.337 e. The molecular weight excluding hydrogens is 266 g/mol. The van der Waals surface area contributed by atoms with E-state index in [-0.39, 0.29) is 6.04 Å². The molecule has 0 aliphatic carbocycles. The number of carboxylic acids is 1.